The van der Waals surface area contributed by atoms with Crippen molar-refractivity contribution in [2.75, 3.05) is 7.11 Å². The van der Waals surface area contributed by atoms with Gasteiger partial charge in [-0.25, -0.2) is 8.78 Å². The molecule has 1 N–H and O–H groups in total. The molecule has 0 aromatic heterocycles. The molecular weight excluding hydrogens is 310 g/mol. The van der Waals surface area contributed by atoms with Gasteiger partial charge in [0.05, 0.1) is 7.11 Å². The quantitative estimate of drug-likeness (QED) is 0.898. The number of aliphatic hydroxyl groups is 1. The third-order valence-electron chi connectivity index (χ3n) is 3.43. The highest BCUT2D eigenvalue weighted by atomic mass is 19.3. The van der Waals surface area contributed by atoms with E-state index in [9.17, 15) is 18.7 Å². The second-order valence-corrected chi connectivity index (χ2v) is 5.28. The van der Waals surface area contributed by atoms with E-state index in [1.54, 1.807) is 24.3 Å². The van der Waals surface area contributed by atoms with Crippen molar-refractivity contribution in [1.29, 1.82) is 0 Å². The lowest BCUT2D eigenvalue weighted by molar-refractivity contribution is -0.196. The number of carbonyl (C=O) groups excluding carboxylic acids is 1. The molecule has 0 saturated carbocycles. The van der Waals surface area contributed by atoms with E-state index in [2.05, 4.69) is 5.10 Å². The molecule has 0 radical (unpaired) electrons. The fraction of sp³-hybridized carbons (Fsp3) is 0.467. The van der Waals surface area contributed by atoms with Gasteiger partial charge in [0.2, 0.25) is 5.72 Å². The lowest BCUT2D eigenvalue weighted by Crippen LogP contribution is -2.54. The van der Waals surface area contributed by atoms with E-state index in [4.69, 9.17) is 9.47 Å². The first-order valence-electron chi connectivity index (χ1n) is 6.97. The Balaban J connectivity index is 2.11. The van der Waals surface area contributed by atoms with Crippen molar-refractivity contribution >= 4 is 11.6 Å². The summed E-state index contributed by atoms with van der Waals surface area (Å²) < 4.78 is 36.6. The smallest absolute Gasteiger partial charge is 0.287 e. The van der Waals surface area contributed by atoms with E-state index in [1.807, 2.05) is 0 Å². The Kier molecular flexibility index (Phi) is 4.84. The summed E-state index contributed by atoms with van der Waals surface area (Å²) in [5.41, 5.74) is -2.38. The number of ether oxygens (including phenoxy) is 2. The van der Waals surface area contributed by atoms with Gasteiger partial charge < -0.3 is 14.6 Å². The summed E-state index contributed by atoms with van der Waals surface area (Å²) in [6.07, 6.45) is -4.63. The number of hydrogen-bond donors (Lipinski definition) is 1. The van der Waals surface area contributed by atoms with Crippen LogP contribution in [0.1, 0.15) is 20.3 Å². The van der Waals surface area contributed by atoms with Crippen molar-refractivity contribution in [3.8, 4) is 11.5 Å². The molecular formula is C15H18F2N2O4. The predicted octanol–water partition coefficient (Wildman–Crippen LogP) is 2.02. The summed E-state index contributed by atoms with van der Waals surface area (Å²) in [7, 11) is 1.51. The maximum Gasteiger partial charge on any atom is 0.287 e. The molecule has 2 rings (SSSR count). The second-order valence-electron chi connectivity index (χ2n) is 5.28. The third-order valence-corrected chi connectivity index (χ3v) is 3.43. The highest BCUT2D eigenvalue weighted by Crippen LogP contribution is 2.32. The van der Waals surface area contributed by atoms with Crippen LogP contribution in [-0.2, 0) is 4.79 Å². The van der Waals surface area contributed by atoms with E-state index in [1.165, 1.54) is 21.0 Å². The zero-order valence-corrected chi connectivity index (χ0v) is 13.0. The molecule has 23 heavy (non-hydrogen) atoms. The average Bonchev–Trinajstić information content (AvgIpc) is 2.83. The van der Waals surface area contributed by atoms with E-state index in [0.29, 0.717) is 16.5 Å². The third kappa shape index (κ3) is 3.42. The fourth-order valence-electron chi connectivity index (χ4n) is 2.23. The maximum absolute atomic E-state index is 13.1. The Hall–Kier alpha value is -2.22. The number of halogens is 2. The Morgan fingerprint density at radius 1 is 1.35 bits per heavy atom. The molecule has 6 nitrogen and oxygen atoms in total. The Morgan fingerprint density at radius 2 is 1.91 bits per heavy atom. The second kappa shape index (κ2) is 6.49. The minimum Gasteiger partial charge on any atom is -0.497 e. The number of hydrogen-bond acceptors (Lipinski definition) is 5. The summed E-state index contributed by atoms with van der Waals surface area (Å²) in [5, 5.41) is 14.2. The maximum atomic E-state index is 13.1. The van der Waals surface area contributed by atoms with Crippen molar-refractivity contribution in [3.63, 3.8) is 0 Å². The number of nitrogens with zero attached hydrogens (tertiary/aromatic N) is 2. The van der Waals surface area contributed by atoms with E-state index in [-0.39, 0.29) is 5.71 Å². The molecule has 1 aliphatic rings. The Bertz CT molecular complexity index is 606. The largest absolute Gasteiger partial charge is 0.497 e. The van der Waals surface area contributed by atoms with Gasteiger partial charge in [-0.1, -0.05) is 0 Å². The number of alkyl halides is 2. The van der Waals surface area contributed by atoms with Crippen LogP contribution in [0.4, 0.5) is 8.78 Å². The molecule has 1 heterocycles. The highest BCUT2D eigenvalue weighted by Gasteiger charge is 2.51. The van der Waals surface area contributed by atoms with Crippen LogP contribution in [0.5, 0.6) is 11.5 Å². The van der Waals surface area contributed by atoms with Crippen LogP contribution in [0.3, 0.4) is 0 Å². The molecule has 2 atom stereocenters. The van der Waals surface area contributed by atoms with E-state index < -0.39 is 30.6 Å². The van der Waals surface area contributed by atoms with E-state index >= 15 is 0 Å². The molecule has 0 aliphatic carbocycles. The standard InChI is InChI=1S/C15H18F2N2O4/c1-9-8-15(21,14(16)17)19(18-9)13(20)10(2)23-12-6-4-11(22-3)5-7-12/h4-7,10,14,21H,8H2,1-3H3/t10-,15+/m1/s1. The van der Waals surface area contributed by atoms with Gasteiger partial charge in [-0.15, -0.1) is 0 Å². The molecule has 0 unspecified atom stereocenters. The Labute approximate surface area is 132 Å². The van der Waals surface area contributed by atoms with Crippen LogP contribution in [0.25, 0.3) is 0 Å². The minimum atomic E-state index is -3.14. The molecule has 0 saturated heterocycles. The minimum absolute atomic E-state index is 0.248. The monoisotopic (exact) mass is 328 g/mol. The number of hydrazone groups is 1. The summed E-state index contributed by atoms with van der Waals surface area (Å²) in [6, 6.07) is 6.45. The molecule has 0 spiro atoms. The van der Waals surface area contributed by atoms with Gasteiger partial charge in [0, 0.05) is 12.1 Å². The normalized spacial score (nSPS) is 22.0. The molecule has 1 amide bonds. The average molecular weight is 328 g/mol. The first-order chi connectivity index (χ1) is 10.8. The molecule has 8 heteroatoms. The topological polar surface area (TPSA) is 71.4 Å². The van der Waals surface area contributed by atoms with Crippen molar-refractivity contribution < 1.29 is 28.2 Å². The fourth-order valence-corrected chi connectivity index (χ4v) is 2.23. The van der Waals surface area contributed by atoms with Gasteiger partial charge in [-0.2, -0.15) is 10.1 Å². The van der Waals surface area contributed by atoms with Crippen LogP contribution in [0.2, 0.25) is 0 Å². The van der Waals surface area contributed by atoms with Crippen molar-refractivity contribution in [1.82, 2.24) is 5.01 Å². The zero-order valence-electron chi connectivity index (χ0n) is 13.0. The Morgan fingerprint density at radius 3 is 2.43 bits per heavy atom. The number of benzene rings is 1. The van der Waals surface area contributed by atoms with Gasteiger partial charge in [0.25, 0.3) is 12.3 Å². The lowest BCUT2D eigenvalue weighted by Gasteiger charge is -2.31. The summed E-state index contributed by atoms with van der Waals surface area (Å²) >= 11 is 0. The van der Waals surface area contributed by atoms with Crippen LogP contribution in [0.15, 0.2) is 29.4 Å². The number of rotatable bonds is 5. The first kappa shape index (κ1) is 17.1. The molecule has 0 bridgehead atoms. The van der Waals surface area contributed by atoms with Crippen molar-refractivity contribution in [2.45, 2.75) is 38.5 Å². The predicted molar refractivity (Wildman–Crippen MR) is 78.6 cm³/mol. The molecule has 0 fully saturated rings. The lowest BCUT2D eigenvalue weighted by atomic mass is 10.1. The van der Waals surface area contributed by atoms with Gasteiger partial charge in [0.1, 0.15) is 11.5 Å². The van der Waals surface area contributed by atoms with Crippen molar-refractivity contribution in [3.05, 3.63) is 24.3 Å². The summed E-state index contributed by atoms with van der Waals surface area (Å²) in [6.45, 7) is 2.87. The van der Waals surface area contributed by atoms with Crippen LogP contribution >= 0.6 is 0 Å². The molecule has 1 aromatic carbocycles. The molecule has 126 valence electrons. The highest BCUT2D eigenvalue weighted by molar-refractivity contribution is 5.90. The number of carbonyl (C=O) groups is 1. The van der Waals surface area contributed by atoms with Crippen LogP contribution in [-0.4, -0.2) is 47.1 Å². The molecule has 1 aliphatic heterocycles. The van der Waals surface area contributed by atoms with Gasteiger partial charge in [-0.05, 0) is 38.1 Å². The van der Waals surface area contributed by atoms with Gasteiger partial charge >= 0.3 is 0 Å². The SMILES string of the molecule is COc1ccc(O[C@H](C)C(=O)N2N=C(C)C[C@]2(O)C(F)F)cc1. The van der Waals surface area contributed by atoms with Crippen molar-refractivity contribution in [2.24, 2.45) is 5.10 Å². The van der Waals surface area contributed by atoms with E-state index in [0.717, 1.165) is 0 Å². The summed E-state index contributed by atoms with van der Waals surface area (Å²) in [4.78, 5) is 12.3. The van der Waals surface area contributed by atoms with Crippen LogP contribution < -0.4 is 9.47 Å². The van der Waals surface area contributed by atoms with Crippen LogP contribution in [0, 0.1) is 0 Å². The van der Waals surface area contributed by atoms with Gasteiger partial charge in [0.15, 0.2) is 6.10 Å². The summed E-state index contributed by atoms with van der Waals surface area (Å²) in [5.74, 6) is 0.135. The first-order valence-corrected chi connectivity index (χ1v) is 6.97. The zero-order chi connectivity index (χ0) is 17.2. The number of amides is 1. The van der Waals surface area contributed by atoms with Gasteiger partial charge in [-0.3, -0.25) is 4.79 Å². The number of methoxy groups -OCH3 is 1. The molecule has 1 aromatic rings.